The molecule has 0 radical (unpaired) electrons. The zero-order chi connectivity index (χ0) is 27.3. The number of ether oxygens (including phenoxy) is 1. The van der Waals surface area contributed by atoms with Crippen LogP contribution in [0.3, 0.4) is 0 Å². The van der Waals surface area contributed by atoms with Crippen molar-refractivity contribution in [2.75, 3.05) is 7.11 Å². The Kier molecular flexibility index (Phi) is 8.68. The van der Waals surface area contributed by atoms with Gasteiger partial charge in [-0.15, -0.1) is 9.46 Å². The van der Waals surface area contributed by atoms with Crippen molar-refractivity contribution >= 4 is 29.5 Å². The molecular formula is C25H21BrF2N3O6P. The maximum absolute atomic E-state index is 13.5. The van der Waals surface area contributed by atoms with Crippen LogP contribution in [0, 0.1) is 0 Å². The summed E-state index contributed by atoms with van der Waals surface area (Å²) in [6, 6.07) is 16.8. The lowest BCUT2D eigenvalue weighted by Gasteiger charge is -2.12. The minimum atomic E-state index is -4.57. The molecule has 13 heteroatoms. The number of esters is 1. The van der Waals surface area contributed by atoms with Gasteiger partial charge in [0.05, 0.1) is 43.3 Å². The van der Waals surface area contributed by atoms with Crippen molar-refractivity contribution in [3.8, 4) is 11.3 Å². The maximum Gasteiger partial charge on any atom is 0.399 e. The topological polar surface area (TPSA) is 102 Å². The first-order chi connectivity index (χ1) is 18.3. The molecule has 0 bridgehead atoms. The molecule has 0 amide bonds. The normalized spacial score (nSPS) is 11.5. The molecule has 4 rings (SSSR count). The van der Waals surface area contributed by atoms with E-state index in [9.17, 15) is 23.2 Å². The zero-order valence-corrected chi connectivity index (χ0v) is 22.4. The van der Waals surface area contributed by atoms with Crippen molar-refractivity contribution < 1.29 is 32.6 Å². The number of pyridine rings is 1. The van der Waals surface area contributed by atoms with Gasteiger partial charge < -0.3 is 4.74 Å². The summed E-state index contributed by atoms with van der Waals surface area (Å²) in [7, 11) is -3.28. The fourth-order valence-electron chi connectivity index (χ4n) is 3.86. The summed E-state index contributed by atoms with van der Waals surface area (Å²) in [5, 5.41) is 0. The van der Waals surface area contributed by atoms with Crippen molar-refractivity contribution in [1.82, 2.24) is 14.1 Å². The number of nitrogens with zero attached hydrogens (tertiary/aromatic N) is 3. The van der Waals surface area contributed by atoms with Gasteiger partial charge in [-0.2, -0.15) is 0 Å². The SMILES string of the molecule is COC(=O)c1ccc(-c2cn(Cc3ccccn3)c(=O)n2Cc2ccc(CP(=O)(OF)OF)c(Br)c2)cc1. The average Bonchev–Trinajstić information content (AvgIpc) is 3.24. The molecule has 0 saturated heterocycles. The van der Waals surface area contributed by atoms with Gasteiger partial charge in [0.1, 0.15) is 0 Å². The third-order valence-corrected chi connectivity index (χ3v) is 7.62. The monoisotopic (exact) mass is 607 g/mol. The Morgan fingerprint density at radius 3 is 2.39 bits per heavy atom. The van der Waals surface area contributed by atoms with Gasteiger partial charge in [-0.05, 0) is 56.1 Å². The Balaban J connectivity index is 1.71. The van der Waals surface area contributed by atoms with E-state index in [1.54, 1.807) is 59.4 Å². The Bertz CT molecular complexity index is 1540. The summed E-state index contributed by atoms with van der Waals surface area (Å²) in [5.74, 6) is -0.479. The zero-order valence-electron chi connectivity index (χ0n) is 19.9. The van der Waals surface area contributed by atoms with Crippen LogP contribution >= 0.6 is 23.5 Å². The molecule has 38 heavy (non-hydrogen) atoms. The molecule has 198 valence electrons. The van der Waals surface area contributed by atoms with Crippen molar-refractivity contribution in [2.24, 2.45) is 0 Å². The molecule has 0 aliphatic carbocycles. The van der Waals surface area contributed by atoms with E-state index in [0.717, 1.165) is 0 Å². The molecule has 0 fully saturated rings. The fourth-order valence-corrected chi connectivity index (χ4v) is 5.45. The molecule has 2 aromatic carbocycles. The summed E-state index contributed by atoms with van der Waals surface area (Å²) in [5.41, 5.74) is 2.98. The Hall–Kier alpha value is -3.44. The van der Waals surface area contributed by atoms with Gasteiger partial charge in [0.2, 0.25) is 0 Å². The van der Waals surface area contributed by atoms with Crippen molar-refractivity contribution in [2.45, 2.75) is 19.3 Å². The van der Waals surface area contributed by atoms with Crippen LogP contribution in [-0.2, 0) is 38.0 Å². The van der Waals surface area contributed by atoms with Gasteiger partial charge in [0.15, 0.2) is 0 Å². The highest BCUT2D eigenvalue weighted by molar-refractivity contribution is 9.10. The van der Waals surface area contributed by atoms with Gasteiger partial charge in [0.25, 0.3) is 0 Å². The minimum absolute atomic E-state index is 0.137. The van der Waals surface area contributed by atoms with Gasteiger partial charge in [-0.25, -0.2) is 9.59 Å². The lowest BCUT2D eigenvalue weighted by molar-refractivity contribution is -0.0881. The van der Waals surface area contributed by atoms with Crippen LogP contribution in [0.1, 0.15) is 27.2 Å². The van der Waals surface area contributed by atoms with E-state index in [0.29, 0.717) is 32.6 Å². The molecule has 0 aliphatic heterocycles. The summed E-state index contributed by atoms with van der Waals surface area (Å²) in [6.07, 6.45) is 2.71. The quantitative estimate of drug-likeness (QED) is 0.164. The summed E-state index contributed by atoms with van der Waals surface area (Å²) < 4.78 is 51.5. The molecule has 0 saturated carbocycles. The number of rotatable bonds is 10. The molecule has 4 aromatic rings. The lowest BCUT2D eigenvalue weighted by Crippen LogP contribution is -2.25. The number of hydrogen-bond acceptors (Lipinski definition) is 7. The van der Waals surface area contributed by atoms with E-state index in [4.69, 9.17) is 4.74 Å². The number of benzene rings is 2. The van der Waals surface area contributed by atoms with E-state index >= 15 is 0 Å². The fraction of sp³-hybridized carbons (Fsp3) is 0.160. The number of hydrogen-bond donors (Lipinski definition) is 0. The van der Waals surface area contributed by atoms with E-state index in [1.807, 2.05) is 12.1 Å². The molecular weight excluding hydrogens is 587 g/mol. The number of carbonyl (C=O) groups is 1. The van der Waals surface area contributed by atoms with E-state index < -0.39 is 19.7 Å². The van der Waals surface area contributed by atoms with Crippen LogP contribution in [0.25, 0.3) is 11.3 Å². The summed E-state index contributed by atoms with van der Waals surface area (Å²) >= 11 is 3.31. The number of aromatic nitrogens is 3. The first-order valence-electron chi connectivity index (χ1n) is 11.1. The van der Waals surface area contributed by atoms with E-state index in [1.165, 1.54) is 17.7 Å². The highest BCUT2D eigenvalue weighted by atomic mass is 79.9. The van der Waals surface area contributed by atoms with Crippen LogP contribution < -0.4 is 5.69 Å². The molecule has 9 nitrogen and oxygen atoms in total. The second-order valence-corrected chi connectivity index (χ2v) is 10.9. The number of halogens is 3. The van der Waals surface area contributed by atoms with Crippen LogP contribution in [0.4, 0.5) is 9.05 Å². The predicted octanol–water partition coefficient (Wildman–Crippen LogP) is 5.85. The molecule has 0 N–H and O–H groups in total. The van der Waals surface area contributed by atoms with Crippen molar-refractivity contribution in [1.29, 1.82) is 0 Å². The lowest BCUT2D eigenvalue weighted by atomic mass is 10.1. The molecule has 0 atom stereocenters. The standard InChI is InChI=1S/C25H21BrF2N3O6P/c1-35-24(32)19-9-7-18(8-10-19)23-15-30(14-21-4-2-3-11-29-21)25(33)31(23)13-17-5-6-20(22(26)12-17)16-38(34,36-27)37-28/h2-12,15H,13-14,16H2,1H3. The number of imidazole rings is 1. The molecule has 2 heterocycles. The van der Waals surface area contributed by atoms with Crippen LogP contribution in [0.5, 0.6) is 0 Å². The van der Waals surface area contributed by atoms with E-state index in [2.05, 4.69) is 30.4 Å². The van der Waals surface area contributed by atoms with Crippen LogP contribution in [0.2, 0.25) is 0 Å². The molecule has 0 aliphatic rings. The van der Waals surface area contributed by atoms with Gasteiger partial charge in [0, 0.05) is 16.9 Å². The molecule has 2 aromatic heterocycles. The van der Waals surface area contributed by atoms with Gasteiger partial charge in [-0.3, -0.25) is 18.7 Å². The third kappa shape index (κ3) is 6.16. The average molecular weight is 608 g/mol. The highest BCUT2D eigenvalue weighted by Crippen LogP contribution is 2.53. The first-order valence-corrected chi connectivity index (χ1v) is 13.6. The maximum atomic E-state index is 13.5. The first kappa shape index (κ1) is 27.6. The Labute approximate surface area is 224 Å². The van der Waals surface area contributed by atoms with Gasteiger partial charge in [-0.1, -0.05) is 46.3 Å². The Morgan fingerprint density at radius 1 is 1.05 bits per heavy atom. The number of methoxy groups -OCH3 is 1. The van der Waals surface area contributed by atoms with Crippen LogP contribution in [-0.4, -0.2) is 27.2 Å². The molecule has 0 spiro atoms. The predicted molar refractivity (Wildman–Crippen MR) is 138 cm³/mol. The Morgan fingerprint density at radius 2 is 1.79 bits per heavy atom. The minimum Gasteiger partial charge on any atom is -0.465 e. The second-order valence-electron chi connectivity index (χ2n) is 8.23. The van der Waals surface area contributed by atoms with Gasteiger partial charge >= 0.3 is 19.3 Å². The summed E-state index contributed by atoms with van der Waals surface area (Å²) in [4.78, 5) is 29.6. The number of carbonyl (C=O) groups excluding carboxylic acids is 1. The third-order valence-electron chi connectivity index (χ3n) is 5.74. The highest BCUT2D eigenvalue weighted by Gasteiger charge is 2.29. The second kappa shape index (κ2) is 12.0. The van der Waals surface area contributed by atoms with Crippen LogP contribution in [0.15, 0.2) is 82.3 Å². The summed E-state index contributed by atoms with van der Waals surface area (Å²) in [6.45, 7) is 0.377. The van der Waals surface area contributed by atoms with Crippen molar-refractivity contribution in [3.63, 3.8) is 0 Å². The smallest absolute Gasteiger partial charge is 0.399 e. The largest absolute Gasteiger partial charge is 0.465 e. The van der Waals surface area contributed by atoms with Crippen molar-refractivity contribution in [3.05, 3.63) is 110 Å². The van der Waals surface area contributed by atoms with E-state index in [-0.39, 0.29) is 24.3 Å². The molecule has 0 unspecified atom stereocenters.